The van der Waals surface area contributed by atoms with Crippen LogP contribution in [0.2, 0.25) is 0 Å². The number of aliphatic imine (C=N–C) groups is 2. The quantitative estimate of drug-likeness (QED) is 0.377. The van der Waals surface area contributed by atoms with Crippen LogP contribution in [-0.4, -0.2) is 57.9 Å². The van der Waals surface area contributed by atoms with Gasteiger partial charge in [-0.15, -0.1) is 0 Å². The number of allylic oxidation sites excluding steroid dienone is 2. The topological polar surface area (TPSA) is 110 Å². The Labute approximate surface area is 185 Å². The highest BCUT2D eigenvalue weighted by molar-refractivity contribution is 6.11. The summed E-state index contributed by atoms with van der Waals surface area (Å²) in [6.07, 6.45) is 0.889. The van der Waals surface area contributed by atoms with E-state index in [1.54, 1.807) is 0 Å². The molecule has 2 heterocycles. The molecule has 0 radical (unpaired) electrons. The van der Waals surface area contributed by atoms with Gasteiger partial charge in [0.1, 0.15) is 17.3 Å². The monoisotopic (exact) mass is 450 g/mol. The molecule has 0 bridgehead atoms. The molecule has 1 aromatic rings. The molecular formula is C22H29F3N6O. The minimum Gasteiger partial charge on any atom is -0.397 e. The summed E-state index contributed by atoms with van der Waals surface area (Å²) in [4.78, 5) is 8.02. The van der Waals surface area contributed by atoms with E-state index in [0.717, 1.165) is 56.4 Å². The van der Waals surface area contributed by atoms with Gasteiger partial charge in [0.2, 0.25) is 0 Å². The summed E-state index contributed by atoms with van der Waals surface area (Å²) in [5, 5.41) is 6.81. The van der Waals surface area contributed by atoms with Gasteiger partial charge in [-0.1, -0.05) is 6.07 Å². The Morgan fingerprint density at radius 1 is 1.28 bits per heavy atom. The number of rotatable bonds is 7. The fourth-order valence-corrected chi connectivity index (χ4v) is 3.70. The van der Waals surface area contributed by atoms with Crippen molar-refractivity contribution in [1.29, 1.82) is 0 Å². The molecule has 2 aliphatic heterocycles. The van der Waals surface area contributed by atoms with Crippen LogP contribution in [0.4, 0.5) is 18.9 Å². The van der Waals surface area contributed by atoms with E-state index in [2.05, 4.69) is 20.6 Å². The Kier molecular flexibility index (Phi) is 8.29. The molecule has 1 saturated heterocycles. The second kappa shape index (κ2) is 11.1. The largest absolute Gasteiger partial charge is 0.397 e. The van der Waals surface area contributed by atoms with Crippen molar-refractivity contribution in [2.24, 2.45) is 21.5 Å². The molecule has 0 aromatic heterocycles. The van der Waals surface area contributed by atoms with Gasteiger partial charge < -0.3 is 26.8 Å². The molecule has 1 fully saturated rings. The zero-order chi connectivity index (χ0) is 23.1. The highest BCUT2D eigenvalue weighted by Gasteiger charge is 2.21. The Bertz CT molecular complexity index is 936. The van der Waals surface area contributed by atoms with Crippen LogP contribution in [0, 0.1) is 5.82 Å². The molecule has 1 aromatic carbocycles. The van der Waals surface area contributed by atoms with Gasteiger partial charge in [0.25, 0.3) is 6.43 Å². The highest BCUT2D eigenvalue weighted by atomic mass is 19.3. The summed E-state index contributed by atoms with van der Waals surface area (Å²) in [6.45, 7) is 2.76. The third-order valence-electron chi connectivity index (χ3n) is 5.43. The third-order valence-corrected chi connectivity index (χ3v) is 5.43. The van der Waals surface area contributed by atoms with E-state index < -0.39 is 17.9 Å². The summed E-state index contributed by atoms with van der Waals surface area (Å²) in [5.74, 6) is -0.491. The molecule has 2 aliphatic rings. The average molecular weight is 451 g/mol. The molecule has 0 aliphatic carbocycles. The number of benzene rings is 1. The molecule has 0 spiro atoms. The maximum absolute atomic E-state index is 14.8. The smallest absolute Gasteiger partial charge is 0.278 e. The standard InChI is InChI=1S/C22H29F3N6O/c1-28-11-15(20(26)21(24)25)13-2-3-19(17(23)10-13)31-22(27)16-12-29-7-4-18(16)30-14-5-8-32-9-6-14/h2-3,10-11,14,21,29-30H,4-9,12,26H2,1H3,(H2,27,31). The van der Waals surface area contributed by atoms with Crippen molar-refractivity contribution in [3.63, 3.8) is 0 Å². The van der Waals surface area contributed by atoms with E-state index in [4.69, 9.17) is 16.2 Å². The number of nitrogens with two attached hydrogens (primary N) is 2. The van der Waals surface area contributed by atoms with Gasteiger partial charge in [0, 0.05) is 68.9 Å². The fourth-order valence-electron chi connectivity index (χ4n) is 3.70. The lowest BCUT2D eigenvalue weighted by molar-refractivity contribution is 0.0800. The van der Waals surface area contributed by atoms with E-state index in [1.165, 1.54) is 25.4 Å². The van der Waals surface area contributed by atoms with Crippen molar-refractivity contribution < 1.29 is 17.9 Å². The third kappa shape index (κ3) is 5.89. The minimum atomic E-state index is -2.88. The fraction of sp³-hybridized carbons (Fsp3) is 0.455. The van der Waals surface area contributed by atoms with Crippen LogP contribution in [0.15, 0.2) is 45.2 Å². The van der Waals surface area contributed by atoms with Crippen LogP contribution in [0.25, 0.3) is 5.57 Å². The number of alkyl halides is 2. The Morgan fingerprint density at radius 3 is 2.69 bits per heavy atom. The first-order valence-corrected chi connectivity index (χ1v) is 10.5. The van der Waals surface area contributed by atoms with E-state index in [0.29, 0.717) is 12.6 Å². The normalized spacial score (nSPS) is 19.6. The van der Waals surface area contributed by atoms with Crippen LogP contribution in [0.3, 0.4) is 0 Å². The molecule has 0 unspecified atom stereocenters. The van der Waals surface area contributed by atoms with Crippen LogP contribution in [-0.2, 0) is 4.74 Å². The zero-order valence-electron chi connectivity index (χ0n) is 18.0. The molecule has 10 heteroatoms. The maximum atomic E-state index is 14.8. The average Bonchev–Trinajstić information content (AvgIpc) is 2.79. The van der Waals surface area contributed by atoms with Crippen molar-refractivity contribution in [2.45, 2.75) is 31.7 Å². The maximum Gasteiger partial charge on any atom is 0.278 e. The molecular weight excluding hydrogens is 421 g/mol. The summed E-state index contributed by atoms with van der Waals surface area (Å²) < 4.78 is 46.3. The van der Waals surface area contributed by atoms with E-state index in [9.17, 15) is 13.2 Å². The number of nitrogens with zero attached hydrogens (tertiary/aromatic N) is 2. The Balaban J connectivity index is 1.88. The summed E-state index contributed by atoms with van der Waals surface area (Å²) in [5.41, 5.74) is 13.0. The van der Waals surface area contributed by atoms with Crippen LogP contribution in [0.1, 0.15) is 24.8 Å². The first-order chi connectivity index (χ1) is 15.4. The molecule has 0 saturated carbocycles. The van der Waals surface area contributed by atoms with Crippen LogP contribution >= 0.6 is 0 Å². The van der Waals surface area contributed by atoms with Crippen molar-refractivity contribution in [3.05, 3.63) is 46.5 Å². The van der Waals surface area contributed by atoms with Crippen molar-refractivity contribution >= 4 is 23.3 Å². The van der Waals surface area contributed by atoms with Gasteiger partial charge in [0.05, 0.1) is 5.70 Å². The number of ether oxygens (including phenoxy) is 1. The minimum absolute atomic E-state index is 0.0122. The van der Waals surface area contributed by atoms with Gasteiger partial charge in [0.15, 0.2) is 0 Å². The lowest BCUT2D eigenvalue weighted by Crippen LogP contribution is -2.41. The highest BCUT2D eigenvalue weighted by Crippen LogP contribution is 2.26. The van der Waals surface area contributed by atoms with Crippen molar-refractivity contribution in [1.82, 2.24) is 10.6 Å². The molecule has 3 rings (SSSR count). The summed E-state index contributed by atoms with van der Waals surface area (Å²) in [7, 11) is 1.42. The Hall–Kier alpha value is -2.85. The molecule has 0 amide bonds. The van der Waals surface area contributed by atoms with Gasteiger partial charge in [-0.05, 0) is 30.5 Å². The van der Waals surface area contributed by atoms with Gasteiger partial charge in [-0.2, -0.15) is 0 Å². The van der Waals surface area contributed by atoms with Gasteiger partial charge >= 0.3 is 0 Å². The van der Waals surface area contributed by atoms with Crippen molar-refractivity contribution in [3.8, 4) is 0 Å². The lowest BCUT2D eigenvalue weighted by atomic mass is 10.0. The molecule has 7 nitrogen and oxygen atoms in total. The van der Waals surface area contributed by atoms with Crippen molar-refractivity contribution in [2.75, 3.05) is 33.4 Å². The van der Waals surface area contributed by atoms with Crippen LogP contribution in [0.5, 0.6) is 0 Å². The molecule has 174 valence electrons. The first-order valence-electron chi connectivity index (χ1n) is 10.5. The summed E-state index contributed by atoms with van der Waals surface area (Å²) in [6, 6.07) is 4.27. The number of amidine groups is 1. The molecule has 6 N–H and O–H groups in total. The van der Waals surface area contributed by atoms with Gasteiger partial charge in [-0.25, -0.2) is 18.2 Å². The number of nitrogens with one attached hydrogen (secondary N) is 2. The van der Waals surface area contributed by atoms with Crippen LogP contribution < -0.4 is 22.1 Å². The second-order valence-electron chi connectivity index (χ2n) is 7.64. The number of halogens is 3. The predicted octanol–water partition coefficient (Wildman–Crippen LogP) is 2.47. The number of hydrogen-bond donors (Lipinski definition) is 4. The Morgan fingerprint density at radius 2 is 2.03 bits per heavy atom. The van der Waals surface area contributed by atoms with E-state index in [1.807, 2.05) is 0 Å². The zero-order valence-corrected chi connectivity index (χ0v) is 18.0. The lowest BCUT2D eigenvalue weighted by Gasteiger charge is -2.29. The number of hydrogen-bond acceptors (Lipinski definition) is 6. The SMILES string of the molecule is CN=CC(=C(N)C(F)F)c1ccc(N=C(N)C2=C(NC3CCOCC3)CCNC2)c(F)c1. The predicted molar refractivity (Wildman–Crippen MR) is 121 cm³/mol. The van der Waals surface area contributed by atoms with E-state index >= 15 is 0 Å². The molecule has 0 atom stereocenters. The summed E-state index contributed by atoms with van der Waals surface area (Å²) >= 11 is 0. The van der Waals surface area contributed by atoms with Gasteiger partial charge in [-0.3, -0.25) is 4.99 Å². The first kappa shape index (κ1) is 23.8. The molecule has 32 heavy (non-hydrogen) atoms. The van der Waals surface area contributed by atoms with E-state index in [-0.39, 0.29) is 22.7 Å². The second-order valence-corrected chi connectivity index (χ2v) is 7.64.